The third kappa shape index (κ3) is 4.86. The Hall–Kier alpha value is -0.260. The first-order valence-electron chi connectivity index (χ1n) is 3.00. The number of halogens is 7. The van der Waals surface area contributed by atoms with Crippen molar-refractivity contribution in [1.82, 2.24) is 0 Å². The molecule has 1 N–H and O–H groups in total. The fourth-order valence-corrected chi connectivity index (χ4v) is 0.823. The maximum atomic E-state index is 12.3. The average Bonchev–Trinajstić information content (AvgIpc) is 1.96. The summed E-state index contributed by atoms with van der Waals surface area (Å²) in [5.74, 6) is -5.57. The molecular weight excluding hydrogens is 261 g/mol. The first kappa shape index (κ1) is 14.7. The smallest absolute Gasteiger partial charge is 0.220 e. The Kier molecular flexibility index (Phi) is 4.64. The van der Waals surface area contributed by atoms with Gasteiger partial charge in [-0.15, -0.1) is 4.33 Å². The Balaban J connectivity index is 4.43. The van der Waals surface area contributed by atoms with Gasteiger partial charge in [0.1, 0.15) is 12.0 Å². The fraction of sp³-hybridized carbons (Fsp3) is 1.00. The summed E-state index contributed by atoms with van der Waals surface area (Å²) in [4.78, 5) is 0. The summed E-state index contributed by atoms with van der Waals surface area (Å²) in [5, 5.41) is 5.47. The van der Waals surface area contributed by atoms with Gasteiger partial charge in [0, 0.05) is 0 Å². The Labute approximate surface area is 82.2 Å². The lowest BCUT2D eigenvalue weighted by atomic mass is 10.2. The number of hydrogen-bond acceptors (Lipinski definition) is 4. The summed E-state index contributed by atoms with van der Waals surface area (Å²) >= 11 is -1.16. The van der Waals surface area contributed by atoms with Gasteiger partial charge in [-0.2, -0.15) is 30.7 Å². The van der Waals surface area contributed by atoms with E-state index in [1.165, 1.54) is 0 Å². The third-order valence-corrected chi connectivity index (χ3v) is 1.55. The van der Waals surface area contributed by atoms with E-state index in [1.807, 2.05) is 0 Å². The molecule has 0 atom stereocenters. The number of rotatable bonds is 5. The molecule has 0 aliphatic heterocycles. The van der Waals surface area contributed by atoms with E-state index in [-0.39, 0.29) is 0 Å². The first-order valence-corrected chi connectivity index (χ1v) is 3.74. The van der Waals surface area contributed by atoms with Crippen LogP contribution in [0.15, 0.2) is 0 Å². The predicted octanol–water partition coefficient (Wildman–Crippen LogP) is 3.24. The number of alkyl halides is 7. The van der Waals surface area contributed by atoms with Crippen LogP contribution in [-0.2, 0) is 9.37 Å². The summed E-state index contributed by atoms with van der Waals surface area (Å²) in [7, 11) is 0. The van der Waals surface area contributed by atoms with Crippen molar-refractivity contribution in [2.75, 3.05) is 0 Å². The van der Waals surface area contributed by atoms with Crippen molar-refractivity contribution < 1.29 is 45.4 Å². The van der Waals surface area contributed by atoms with Crippen LogP contribution in [0.2, 0.25) is 0 Å². The Morgan fingerprint density at radius 3 is 1.80 bits per heavy atom. The van der Waals surface area contributed by atoms with E-state index in [0.29, 0.717) is 0 Å². The highest BCUT2D eigenvalue weighted by Gasteiger charge is 2.62. The minimum absolute atomic E-state index is 1.16. The summed E-state index contributed by atoms with van der Waals surface area (Å²) in [6, 6.07) is 0. The van der Waals surface area contributed by atoms with Gasteiger partial charge >= 0.3 is 17.4 Å². The van der Waals surface area contributed by atoms with Gasteiger partial charge < -0.3 is 0 Å². The van der Waals surface area contributed by atoms with Crippen molar-refractivity contribution in [1.29, 1.82) is 0 Å². The molecule has 0 fully saturated rings. The molecule has 0 saturated carbocycles. The molecule has 0 aromatic rings. The summed E-state index contributed by atoms with van der Waals surface area (Å²) in [6.07, 6.45) is -8.91. The lowest BCUT2D eigenvalue weighted by Crippen LogP contribution is -2.40. The number of hydrogen-bond donors (Lipinski definition) is 1. The molecule has 0 aromatic carbocycles. The molecule has 0 saturated heterocycles. The zero-order valence-corrected chi connectivity index (χ0v) is 7.34. The molecule has 92 valence electrons. The van der Waals surface area contributed by atoms with Crippen molar-refractivity contribution in [3.63, 3.8) is 0 Å². The maximum absolute atomic E-state index is 12.3. The van der Waals surface area contributed by atoms with E-state index in [0.717, 1.165) is 0 Å². The van der Waals surface area contributed by atoms with E-state index in [1.54, 1.807) is 0 Å². The van der Waals surface area contributed by atoms with Crippen LogP contribution in [0.25, 0.3) is 0 Å². The highest BCUT2D eigenvalue weighted by atomic mass is 32.2. The van der Waals surface area contributed by atoms with Gasteiger partial charge in [0.25, 0.3) is 0 Å². The molecule has 0 aliphatic carbocycles. The monoisotopic (exact) mass is 264 g/mol. The Morgan fingerprint density at radius 2 is 1.47 bits per heavy atom. The van der Waals surface area contributed by atoms with E-state index >= 15 is 0 Å². The molecule has 15 heavy (non-hydrogen) atoms. The lowest BCUT2D eigenvalue weighted by molar-refractivity contribution is -0.433. The highest BCUT2D eigenvalue weighted by Crippen LogP contribution is 2.46. The Morgan fingerprint density at radius 1 is 1.00 bits per heavy atom. The lowest BCUT2D eigenvalue weighted by Gasteiger charge is -2.23. The van der Waals surface area contributed by atoms with Crippen LogP contribution in [0.4, 0.5) is 30.7 Å². The zero-order chi connectivity index (χ0) is 12.3. The highest BCUT2D eigenvalue weighted by molar-refractivity contribution is 7.95. The molecule has 11 heteroatoms. The van der Waals surface area contributed by atoms with Crippen LogP contribution in [0.5, 0.6) is 0 Å². The molecule has 0 radical (unpaired) electrons. The second kappa shape index (κ2) is 4.72. The molecule has 0 unspecified atom stereocenters. The topological polar surface area (TPSA) is 38.7 Å². The van der Waals surface area contributed by atoms with E-state index in [4.69, 9.17) is 5.26 Å². The van der Waals surface area contributed by atoms with Crippen molar-refractivity contribution >= 4 is 12.0 Å². The quantitative estimate of drug-likeness (QED) is 0.358. The van der Waals surface area contributed by atoms with Gasteiger partial charge in [-0.1, -0.05) is 5.04 Å². The van der Waals surface area contributed by atoms with Crippen molar-refractivity contribution in [3.05, 3.63) is 0 Å². The molecule has 0 rings (SSSR count). The van der Waals surface area contributed by atoms with Crippen LogP contribution in [-0.4, -0.2) is 22.6 Å². The second-order valence-electron chi connectivity index (χ2n) is 2.24. The van der Waals surface area contributed by atoms with Gasteiger partial charge in [-0.25, -0.2) is 5.26 Å². The normalized spacial score (nSPS) is 14.4. The van der Waals surface area contributed by atoms with Crippen molar-refractivity contribution in [2.24, 2.45) is 0 Å². The fourth-order valence-electron chi connectivity index (χ4n) is 0.453. The van der Waals surface area contributed by atoms with Crippen LogP contribution in [0, 0.1) is 0 Å². The first-order chi connectivity index (χ1) is 6.52. The SMILES string of the molecule is OOOSC(F)(F)CC(F)(F)C(F)(F)F. The molecule has 0 spiro atoms. The van der Waals surface area contributed by atoms with E-state index in [2.05, 4.69) is 9.37 Å². The molecular formula is C4H3F7O3S. The van der Waals surface area contributed by atoms with Gasteiger partial charge in [0.2, 0.25) is 0 Å². The van der Waals surface area contributed by atoms with Crippen LogP contribution in [0.3, 0.4) is 0 Å². The molecule has 3 nitrogen and oxygen atoms in total. The minimum atomic E-state index is -6.09. The van der Waals surface area contributed by atoms with Gasteiger partial charge in [0.05, 0.1) is 6.42 Å². The van der Waals surface area contributed by atoms with E-state index < -0.39 is 35.8 Å². The maximum Gasteiger partial charge on any atom is 0.453 e. The second-order valence-corrected chi connectivity index (χ2v) is 3.14. The van der Waals surface area contributed by atoms with Crippen molar-refractivity contribution in [2.45, 2.75) is 23.8 Å². The largest absolute Gasteiger partial charge is 0.453 e. The summed E-state index contributed by atoms with van der Waals surface area (Å²) in [6.45, 7) is 0. The van der Waals surface area contributed by atoms with Crippen LogP contribution < -0.4 is 0 Å². The molecule has 0 bridgehead atoms. The minimum Gasteiger partial charge on any atom is -0.220 e. The molecule has 0 aromatic heterocycles. The van der Waals surface area contributed by atoms with Crippen LogP contribution in [0.1, 0.15) is 6.42 Å². The van der Waals surface area contributed by atoms with Gasteiger partial charge in [-0.3, -0.25) is 0 Å². The molecule has 0 heterocycles. The summed E-state index contributed by atoms with van der Waals surface area (Å²) < 4.78 is 86.3. The zero-order valence-electron chi connectivity index (χ0n) is 6.52. The van der Waals surface area contributed by atoms with Gasteiger partial charge in [-0.05, 0) is 0 Å². The summed E-state index contributed by atoms with van der Waals surface area (Å²) in [5.41, 5.74) is 0. The Bertz CT molecular complexity index is 205. The van der Waals surface area contributed by atoms with Gasteiger partial charge in [0.15, 0.2) is 0 Å². The van der Waals surface area contributed by atoms with E-state index in [9.17, 15) is 30.7 Å². The van der Waals surface area contributed by atoms with Crippen LogP contribution >= 0.6 is 12.0 Å². The standard InChI is InChI=1S/C4H3F7O3S/c5-2(6,4(9,10)11)1-3(7,8)15-14-13-12/h12H,1H2. The average molecular weight is 264 g/mol. The third-order valence-electron chi connectivity index (χ3n) is 1.03. The van der Waals surface area contributed by atoms with Crippen molar-refractivity contribution in [3.8, 4) is 0 Å². The molecule has 0 amide bonds. The molecule has 0 aliphatic rings. The predicted molar refractivity (Wildman–Crippen MR) is 33.0 cm³/mol.